The van der Waals surface area contributed by atoms with Gasteiger partial charge in [0.05, 0.1) is 0 Å². The number of carboxylic acid groups (broad SMARTS) is 1. The smallest absolute Gasteiger partial charge is 0.325 e. The average Bonchev–Trinajstić information content (AvgIpc) is 2.96. The maximum absolute atomic E-state index is 11.7. The van der Waals surface area contributed by atoms with Crippen LogP contribution in [0.3, 0.4) is 0 Å². The highest BCUT2D eigenvalue weighted by Crippen LogP contribution is 2.41. The Labute approximate surface area is 103 Å². The largest absolute Gasteiger partial charge is 0.480 e. The van der Waals surface area contributed by atoms with Crippen LogP contribution in [-0.4, -0.2) is 47.7 Å². The van der Waals surface area contributed by atoms with Crippen LogP contribution >= 0.6 is 0 Å². The molecule has 0 amide bonds. The van der Waals surface area contributed by atoms with Gasteiger partial charge in [-0.05, 0) is 45.2 Å². The molecule has 4 nitrogen and oxygen atoms in total. The van der Waals surface area contributed by atoms with Gasteiger partial charge in [-0.3, -0.25) is 4.79 Å². The van der Waals surface area contributed by atoms with E-state index in [1.807, 2.05) is 6.92 Å². The Kier molecular flexibility index (Phi) is 3.73. The van der Waals surface area contributed by atoms with Crippen LogP contribution in [0, 0.1) is 5.92 Å². The van der Waals surface area contributed by atoms with Gasteiger partial charge >= 0.3 is 5.97 Å². The SMILES string of the molecule is CCNC(CN(C)C1CCC1)(C(=O)O)C1CC1. The van der Waals surface area contributed by atoms with E-state index in [0.717, 1.165) is 19.4 Å². The molecule has 2 saturated carbocycles. The first-order valence-corrected chi connectivity index (χ1v) is 6.79. The van der Waals surface area contributed by atoms with Crippen LogP contribution in [0.4, 0.5) is 0 Å². The highest BCUT2D eigenvalue weighted by Gasteiger charge is 2.51. The summed E-state index contributed by atoms with van der Waals surface area (Å²) in [5.74, 6) is -0.351. The maximum atomic E-state index is 11.7. The van der Waals surface area contributed by atoms with E-state index in [4.69, 9.17) is 0 Å². The Morgan fingerprint density at radius 1 is 1.41 bits per heavy atom. The van der Waals surface area contributed by atoms with E-state index < -0.39 is 11.5 Å². The quantitative estimate of drug-likeness (QED) is 0.704. The Morgan fingerprint density at radius 2 is 2.06 bits per heavy atom. The Hall–Kier alpha value is -0.610. The van der Waals surface area contributed by atoms with Crippen molar-refractivity contribution >= 4 is 5.97 Å². The molecule has 0 aromatic rings. The summed E-state index contributed by atoms with van der Waals surface area (Å²) < 4.78 is 0. The number of nitrogens with zero attached hydrogens (tertiary/aromatic N) is 1. The number of aliphatic carboxylic acids is 1. The molecule has 2 aliphatic carbocycles. The second-order valence-electron chi connectivity index (χ2n) is 5.58. The zero-order valence-corrected chi connectivity index (χ0v) is 10.9. The van der Waals surface area contributed by atoms with Crippen molar-refractivity contribution in [2.75, 3.05) is 20.1 Å². The van der Waals surface area contributed by atoms with Crippen molar-refractivity contribution in [3.8, 4) is 0 Å². The molecule has 0 heterocycles. The molecule has 2 rings (SSSR count). The van der Waals surface area contributed by atoms with Crippen molar-refractivity contribution in [3.63, 3.8) is 0 Å². The van der Waals surface area contributed by atoms with Gasteiger partial charge in [0.2, 0.25) is 0 Å². The molecule has 4 heteroatoms. The van der Waals surface area contributed by atoms with Crippen molar-refractivity contribution in [1.29, 1.82) is 0 Å². The monoisotopic (exact) mass is 240 g/mol. The van der Waals surface area contributed by atoms with Gasteiger partial charge < -0.3 is 15.3 Å². The molecule has 0 bridgehead atoms. The predicted octanol–water partition coefficient (Wildman–Crippen LogP) is 1.31. The van der Waals surface area contributed by atoms with E-state index in [9.17, 15) is 9.90 Å². The number of likely N-dealkylation sites (N-methyl/N-ethyl adjacent to an activating group) is 2. The van der Waals surface area contributed by atoms with Crippen molar-refractivity contribution in [2.24, 2.45) is 5.92 Å². The fraction of sp³-hybridized carbons (Fsp3) is 0.923. The van der Waals surface area contributed by atoms with Crippen LogP contribution in [0.25, 0.3) is 0 Å². The molecule has 0 saturated heterocycles. The minimum absolute atomic E-state index is 0.322. The van der Waals surface area contributed by atoms with Crippen LogP contribution in [0.5, 0.6) is 0 Å². The minimum Gasteiger partial charge on any atom is -0.480 e. The molecule has 0 aliphatic heterocycles. The van der Waals surface area contributed by atoms with Gasteiger partial charge in [-0.25, -0.2) is 0 Å². The normalized spacial score (nSPS) is 24.4. The van der Waals surface area contributed by atoms with Crippen LogP contribution in [-0.2, 0) is 4.79 Å². The molecule has 98 valence electrons. The Bertz CT molecular complexity index is 287. The first-order chi connectivity index (χ1) is 8.10. The third-order valence-corrected chi connectivity index (χ3v) is 4.34. The number of nitrogens with one attached hydrogen (secondary N) is 1. The molecule has 0 aromatic heterocycles. The summed E-state index contributed by atoms with van der Waals surface area (Å²) in [5.41, 5.74) is -0.709. The molecule has 0 spiro atoms. The Balaban J connectivity index is 2.05. The standard InChI is InChI=1S/C13H24N2O2/c1-3-14-13(12(16)17,10-7-8-10)9-15(2)11-5-4-6-11/h10-11,14H,3-9H2,1-2H3,(H,16,17). The minimum atomic E-state index is -0.709. The van der Waals surface area contributed by atoms with Crippen LogP contribution in [0.15, 0.2) is 0 Å². The third kappa shape index (κ3) is 2.47. The number of hydrogen-bond acceptors (Lipinski definition) is 3. The number of carboxylic acids is 1. The first-order valence-electron chi connectivity index (χ1n) is 6.79. The van der Waals surface area contributed by atoms with Gasteiger partial charge in [-0.2, -0.15) is 0 Å². The number of carbonyl (C=O) groups is 1. The molecule has 2 aliphatic rings. The van der Waals surface area contributed by atoms with Gasteiger partial charge in [0.1, 0.15) is 5.54 Å². The molecule has 2 N–H and O–H groups in total. The van der Waals surface area contributed by atoms with Crippen LogP contribution in [0.1, 0.15) is 39.0 Å². The van der Waals surface area contributed by atoms with E-state index >= 15 is 0 Å². The predicted molar refractivity (Wildman–Crippen MR) is 67.0 cm³/mol. The van der Waals surface area contributed by atoms with Gasteiger partial charge in [0, 0.05) is 12.6 Å². The van der Waals surface area contributed by atoms with Crippen LogP contribution < -0.4 is 5.32 Å². The van der Waals surface area contributed by atoms with E-state index in [1.54, 1.807) is 0 Å². The lowest BCUT2D eigenvalue weighted by molar-refractivity contribution is -0.147. The summed E-state index contributed by atoms with van der Waals surface area (Å²) in [7, 11) is 2.07. The topological polar surface area (TPSA) is 52.6 Å². The second-order valence-corrected chi connectivity index (χ2v) is 5.58. The summed E-state index contributed by atoms with van der Waals surface area (Å²) >= 11 is 0. The Morgan fingerprint density at radius 3 is 2.41 bits per heavy atom. The van der Waals surface area contributed by atoms with E-state index in [-0.39, 0.29) is 0 Å². The van der Waals surface area contributed by atoms with Gasteiger partial charge in [-0.15, -0.1) is 0 Å². The van der Waals surface area contributed by atoms with Gasteiger partial charge in [0.25, 0.3) is 0 Å². The summed E-state index contributed by atoms with van der Waals surface area (Å²) in [6.45, 7) is 3.36. The van der Waals surface area contributed by atoms with Crippen molar-refractivity contribution in [2.45, 2.75) is 50.6 Å². The molecule has 1 atom stereocenters. The molecule has 0 aromatic carbocycles. The zero-order valence-electron chi connectivity index (χ0n) is 10.9. The lowest BCUT2D eigenvalue weighted by Gasteiger charge is -2.41. The molecule has 1 unspecified atom stereocenters. The summed E-state index contributed by atoms with van der Waals surface area (Å²) in [6, 6.07) is 0.603. The molecular formula is C13H24N2O2. The van der Waals surface area contributed by atoms with Gasteiger partial charge in [-0.1, -0.05) is 13.3 Å². The molecular weight excluding hydrogens is 216 g/mol. The van der Waals surface area contributed by atoms with E-state index in [2.05, 4.69) is 17.3 Å². The van der Waals surface area contributed by atoms with E-state index in [1.165, 1.54) is 19.3 Å². The third-order valence-electron chi connectivity index (χ3n) is 4.34. The lowest BCUT2D eigenvalue weighted by atomic mass is 9.87. The highest BCUT2D eigenvalue weighted by atomic mass is 16.4. The van der Waals surface area contributed by atoms with Gasteiger partial charge in [0.15, 0.2) is 0 Å². The van der Waals surface area contributed by atoms with E-state index in [0.29, 0.717) is 18.5 Å². The fourth-order valence-electron chi connectivity index (χ4n) is 2.89. The number of hydrogen-bond donors (Lipinski definition) is 2. The second kappa shape index (κ2) is 4.94. The first kappa shape index (κ1) is 12.8. The molecule has 2 fully saturated rings. The average molecular weight is 240 g/mol. The number of rotatable bonds is 7. The van der Waals surface area contributed by atoms with Crippen LogP contribution in [0.2, 0.25) is 0 Å². The van der Waals surface area contributed by atoms with Crippen molar-refractivity contribution < 1.29 is 9.90 Å². The lowest BCUT2D eigenvalue weighted by Crippen LogP contribution is -2.61. The maximum Gasteiger partial charge on any atom is 0.325 e. The summed E-state index contributed by atoms with van der Waals surface area (Å²) in [6.07, 6.45) is 5.85. The van der Waals surface area contributed by atoms with Crippen molar-refractivity contribution in [1.82, 2.24) is 10.2 Å². The molecule has 17 heavy (non-hydrogen) atoms. The summed E-state index contributed by atoms with van der Waals surface area (Å²) in [5, 5.41) is 12.8. The molecule has 0 radical (unpaired) electrons. The highest BCUT2D eigenvalue weighted by molar-refractivity contribution is 5.80. The fourth-order valence-corrected chi connectivity index (χ4v) is 2.89. The summed E-state index contributed by atoms with van der Waals surface area (Å²) in [4.78, 5) is 13.9. The zero-order chi connectivity index (χ0) is 12.5. The van der Waals surface area contributed by atoms with Crippen molar-refractivity contribution in [3.05, 3.63) is 0 Å².